The number of aryl methyl sites for hydroxylation is 1. The molecule has 2 aromatic rings. The Morgan fingerprint density at radius 2 is 2.08 bits per heavy atom. The predicted molar refractivity (Wildman–Crippen MR) is 93.1 cm³/mol. The van der Waals surface area contributed by atoms with Crippen LogP contribution < -0.4 is 10.2 Å². The van der Waals surface area contributed by atoms with Gasteiger partial charge in [-0.2, -0.15) is 10.1 Å². The van der Waals surface area contributed by atoms with Gasteiger partial charge in [-0.25, -0.2) is 4.98 Å². The van der Waals surface area contributed by atoms with Gasteiger partial charge in [0.05, 0.1) is 24.5 Å². The highest BCUT2D eigenvalue weighted by Crippen LogP contribution is 2.23. The van der Waals surface area contributed by atoms with Crippen LogP contribution in [0.2, 0.25) is 0 Å². The lowest BCUT2D eigenvalue weighted by atomic mass is 10.2. The highest BCUT2D eigenvalue weighted by molar-refractivity contribution is 5.45. The number of nitrogens with zero attached hydrogens (tertiary/aromatic N) is 6. The molecule has 0 aliphatic carbocycles. The first kappa shape index (κ1) is 16.7. The van der Waals surface area contributed by atoms with Crippen molar-refractivity contribution in [1.82, 2.24) is 24.6 Å². The molecule has 0 fully saturated rings. The molecule has 2 aromatic heterocycles. The summed E-state index contributed by atoms with van der Waals surface area (Å²) >= 11 is 0. The molecule has 130 valence electrons. The van der Waals surface area contributed by atoms with Crippen molar-refractivity contribution in [3.63, 3.8) is 0 Å². The van der Waals surface area contributed by atoms with Gasteiger partial charge in [0.25, 0.3) is 0 Å². The van der Waals surface area contributed by atoms with Gasteiger partial charge in [0, 0.05) is 31.9 Å². The molecular formula is C16H25N7O. The quantitative estimate of drug-likeness (QED) is 0.832. The van der Waals surface area contributed by atoms with Crippen LogP contribution in [-0.2, 0) is 13.1 Å². The summed E-state index contributed by atoms with van der Waals surface area (Å²) in [6, 6.07) is 3.99. The van der Waals surface area contributed by atoms with E-state index in [9.17, 15) is 5.11 Å². The molecule has 24 heavy (non-hydrogen) atoms. The lowest BCUT2D eigenvalue weighted by molar-refractivity contribution is 0.133. The third-order valence-electron chi connectivity index (χ3n) is 4.08. The number of hydrogen-bond acceptors (Lipinski definition) is 7. The smallest absolute Gasteiger partial charge is 0.224 e. The second-order valence-corrected chi connectivity index (χ2v) is 6.42. The van der Waals surface area contributed by atoms with E-state index in [-0.39, 0.29) is 0 Å². The van der Waals surface area contributed by atoms with Crippen LogP contribution in [0.1, 0.15) is 23.2 Å². The van der Waals surface area contributed by atoms with Crippen molar-refractivity contribution in [2.24, 2.45) is 0 Å². The molecule has 0 radical (unpaired) electrons. The van der Waals surface area contributed by atoms with Crippen molar-refractivity contribution in [3.05, 3.63) is 29.2 Å². The fraction of sp³-hybridized carbons (Fsp3) is 0.562. The third kappa shape index (κ3) is 3.49. The minimum absolute atomic E-state index is 0.566. The molecule has 0 spiro atoms. The monoisotopic (exact) mass is 331 g/mol. The van der Waals surface area contributed by atoms with Gasteiger partial charge in [0.1, 0.15) is 11.9 Å². The first-order chi connectivity index (χ1) is 11.5. The van der Waals surface area contributed by atoms with E-state index in [1.165, 1.54) is 0 Å². The van der Waals surface area contributed by atoms with Crippen molar-refractivity contribution in [3.8, 4) is 0 Å². The number of hydrogen-bond donors (Lipinski definition) is 2. The van der Waals surface area contributed by atoms with Gasteiger partial charge in [0.2, 0.25) is 5.95 Å². The van der Waals surface area contributed by atoms with Crippen molar-refractivity contribution < 1.29 is 5.11 Å². The zero-order chi connectivity index (χ0) is 17.3. The molecule has 0 aromatic carbocycles. The van der Waals surface area contributed by atoms with Crippen LogP contribution in [0.4, 0.5) is 11.8 Å². The number of aliphatic hydroxyl groups is 1. The molecule has 0 amide bonds. The number of aromatic nitrogens is 4. The van der Waals surface area contributed by atoms with Crippen LogP contribution in [0.25, 0.3) is 0 Å². The highest BCUT2D eigenvalue weighted by Gasteiger charge is 2.22. The second-order valence-electron chi connectivity index (χ2n) is 6.42. The van der Waals surface area contributed by atoms with Crippen LogP contribution in [0, 0.1) is 6.92 Å². The molecule has 8 nitrogen and oxygen atoms in total. The molecular weight excluding hydrogens is 306 g/mol. The Hall–Kier alpha value is -2.19. The summed E-state index contributed by atoms with van der Waals surface area (Å²) in [5.74, 6) is 1.54. The standard InChI is InChI=1S/C16H25N7O/c1-11-7-15(19-16(17-2)18-11)22-5-6-23-12(9-22)8-13(20-23)14(24)10-21(3)4/h7-8,14,24H,5-6,9-10H2,1-4H3,(H,17,18,19)/t14-/m0/s1. The lowest BCUT2D eigenvalue weighted by Gasteiger charge is -2.28. The molecule has 1 atom stereocenters. The minimum atomic E-state index is -0.566. The molecule has 0 bridgehead atoms. The van der Waals surface area contributed by atoms with Gasteiger partial charge >= 0.3 is 0 Å². The van der Waals surface area contributed by atoms with E-state index < -0.39 is 6.10 Å². The Labute approximate surface area is 142 Å². The SMILES string of the molecule is CNc1nc(C)cc(N2CCn3nc([C@@H](O)CN(C)C)cc3C2)n1. The maximum atomic E-state index is 10.3. The van der Waals surface area contributed by atoms with E-state index in [0.29, 0.717) is 12.5 Å². The summed E-state index contributed by atoms with van der Waals surface area (Å²) in [5, 5.41) is 17.8. The summed E-state index contributed by atoms with van der Waals surface area (Å²) < 4.78 is 1.98. The Morgan fingerprint density at radius 3 is 2.79 bits per heavy atom. The first-order valence-corrected chi connectivity index (χ1v) is 8.14. The maximum absolute atomic E-state index is 10.3. The fourth-order valence-electron chi connectivity index (χ4n) is 2.91. The molecule has 0 unspecified atom stereocenters. The molecule has 1 aliphatic rings. The number of fused-ring (bicyclic) bond motifs is 1. The molecule has 0 saturated carbocycles. The Balaban J connectivity index is 1.79. The number of nitrogens with one attached hydrogen (secondary N) is 1. The number of anilines is 2. The average Bonchev–Trinajstić information content (AvgIpc) is 2.96. The molecule has 0 saturated heterocycles. The van der Waals surface area contributed by atoms with Gasteiger partial charge in [-0.15, -0.1) is 0 Å². The Bertz CT molecular complexity index is 712. The van der Waals surface area contributed by atoms with E-state index in [1.54, 1.807) is 0 Å². The van der Waals surface area contributed by atoms with Gasteiger partial charge < -0.3 is 20.2 Å². The lowest BCUT2D eigenvalue weighted by Crippen LogP contribution is -2.34. The van der Waals surface area contributed by atoms with Gasteiger partial charge in [-0.1, -0.05) is 0 Å². The van der Waals surface area contributed by atoms with E-state index in [2.05, 4.69) is 25.3 Å². The largest absolute Gasteiger partial charge is 0.385 e. The van der Waals surface area contributed by atoms with Crippen LogP contribution in [-0.4, -0.2) is 64.0 Å². The predicted octanol–water partition coefficient (Wildman–Crippen LogP) is 0.638. The minimum Gasteiger partial charge on any atom is -0.385 e. The van der Waals surface area contributed by atoms with Crippen molar-refractivity contribution in [2.75, 3.05) is 44.4 Å². The van der Waals surface area contributed by atoms with Crippen LogP contribution in [0.15, 0.2) is 12.1 Å². The van der Waals surface area contributed by atoms with E-state index >= 15 is 0 Å². The molecule has 1 aliphatic heterocycles. The van der Waals surface area contributed by atoms with Gasteiger partial charge in [0.15, 0.2) is 0 Å². The second kappa shape index (κ2) is 6.74. The number of aliphatic hydroxyl groups excluding tert-OH is 1. The summed E-state index contributed by atoms with van der Waals surface area (Å²) in [7, 11) is 5.71. The molecule has 3 rings (SSSR count). The van der Waals surface area contributed by atoms with Crippen LogP contribution in [0.3, 0.4) is 0 Å². The van der Waals surface area contributed by atoms with Crippen molar-refractivity contribution >= 4 is 11.8 Å². The van der Waals surface area contributed by atoms with Crippen LogP contribution >= 0.6 is 0 Å². The summed E-state index contributed by atoms with van der Waals surface area (Å²) in [5.41, 5.74) is 2.76. The van der Waals surface area contributed by atoms with Crippen molar-refractivity contribution in [1.29, 1.82) is 0 Å². The molecule has 2 N–H and O–H groups in total. The molecule has 8 heteroatoms. The Kier molecular flexibility index (Phi) is 4.68. The first-order valence-electron chi connectivity index (χ1n) is 8.14. The number of rotatable bonds is 5. The normalized spacial score (nSPS) is 15.5. The highest BCUT2D eigenvalue weighted by atomic mass is 16.3. The fourth-order valence-corrected chi connectivity index (χ4v) is 2.91. The number of likely N-dealkylation sites (N-methyl/N-ethyl adjacent to an activating group) is 1. The topological polar surface area (TPSA) is 82.3 Å². The van der Waals surface area contributed by atoms with Gasteiger partial charge in [-0.05, 0) is 27.1 Å². The van der Waals surface area contributed by atoms with E-state index in [4.69, 9.17) is 0 Å². The maximum Gasteiger partial charge on any atom is 0.224 e. The summed E-state index contributed by atoms with van der Waals surface area (Å²) in [4.78, 5) is 13.1. The summed E-state index contributed by atoms with van der Waals surface area (Å²) in [6.45, 7) is 4.87. The zero-order valence-corrected chi connectivity index (χ0v) is 14.7. The third-order valence-corrected chi connectivity index (χ3v) is 4.08. The molecule has 3 heterocycles. The van der Waals surface area contributed by atoms with E-state index in [1.807, 2.05) is 49.8 Å². The summed E-state index contributed by atoms with van der Waals surface area (Å²) in [6.07, 6.45) is -0.566. The zero-order valence-electron chi connectivity index (χ0n) is 14.7. The van der Waals surface area contributed by atoms with Crippen LogP contribution in [0.5, 0.6) is 0 Å². The average molecular weight is 331 g/mol. The van der Waals surface area contributed by atoms with Gasteiger partial charge in [-0.3, -0.25) is 4.68 Å². The van der Waals surface area contributed by atoms with E-state index in [0.717, 1.165) is 42.5 Å². The van der Waals surface area contributed by atoms with Crippen molar-refractivity contribution in [2.45, 2.75) is 26.1 Å². The Morgan fingerprint density at radius 1 is 1.29 bits per heavy atom.